The Morgan fingerprint density at radius 2 is 1.73 bits per heavy atom. The number of carbonyl (C=O) groups is 1. The van der Waals surface area contributed by atoms with Gasteiger partial charge in [0.05, 0.1) is 43.2 Å². The van der Waals surface area contributed by atoms with Gasteiger partial charge in [0, 0.05) is 6.07 Å². The average molecular weight is 430 g/mol. The Bertz CT molecular complexity index is 1140. The fraction of sp³-hybridized carbons (Fsp3) is 0.190. The molecule has 0 aliphatic carbocycles. The van der Waals surface area contributed by atoms with Crippen molar-refractivity contribution in [1.29, 1.82) is 0 Å². The summed E-state index contributed by atoms with van der Waals surface area (Å²) >= 11 is 0. The van der Waals surface area contributed by atoms with E-state index in [2.05, 4.69) is 10.0 Å². The van der Waals surface area contributed by atoms with Crippen molar-refractivity contribution in [1.82, 2.24) is 5.32 Å². The molecule has 0 unspecified atom stereocenters. The largest absolute Gasteiger partial charge is 0.493 e. The minimum absolute atomic E-state index is 0.0194. The van der Waals surface area contributed by atoms with Gasteiger partial charge in [-0.3, -0.25) is 9.52 Å². The van der Waals surface area contributed by atoms with E-state index in [4.69, 9.17) is 13.9 Å². The summed E-state index contributed by atoms with van der Waals surface area (Å²) in [6.45, 7) is 1.83. The number of hydrogen-bond acceptors (Lipinski definition) is 6. The zero-order valence-corrected chi connectivity index (χ0v) is 17.6. The fourth-order valence-corrected chi connectivity index (χ4v) is 4.22. The van der Waals surface area contributed by atoms with Crippen molar-refractivity contribution in [2.45, 2.75) is 18.4 Å². The molecule has 0 saturated heterocycles. The molecule has 1 amide bonds. The molecule has 0 spiro atoms. The summed E-state index contributed by atoms with van der Waals surface area (Å²) in [7, 11) is -1.10. The molecule has 0 radical (unpaired) electrons. The molecule has 0 atom stereocenters. The number of ether oxygens (including phenoxy) is 2. The molecule has 0 aliphatic heterocycles. The number of hydrogen-bond donors (Lipinski definition) is 2. The smallest absolute Gasteiger partial charge is 0.262 e. The molecule has 30 heavy (non-hydrogen) atoms. The van der Waals surface area contributed by atoms with Gasteiger partial charge in [0.2, 0.25) is 0 Å². The number of amides is 1. The van der Waals surface area contributed by atoms with Crippen molar-refractivity contribution in [3.63, 3.8) is 0 Å². The van der Waals surface area contributed by atoms with Gasteiger partial charge in [-0.2, -0.15) is 0 Å². The van der Waals surface area contributed by atoms with E-state index in [0.29, 0.717) is 17.1 Å². The monoisotopic (exact) mass is 430 g/mol. The molecule has 8 nitrogen and oxygen atoms in total. The molecular weight excluding hydrogens is 408 g/mol. The number of para-hydroxylation sites is 1. The summed E-state index contributed by atoms with van der Waals surface area (Å²) in [5.41, 5.74) is 0.814. The summed E-state index contributed by atoms with van der Waals surface area (Å²) in [6, 6.07) is 12.8. The third-order valence-corrected chi connectivity index (χ3v) is 5.90. The first-order chi connectivity index (χ1) is 14.4. The number of anilines is 1. The van der Waals surface area contributed by atoms with Gasteiger partial charge in [-0.25, -0.2) is 8.42 Å². The third-order valence-electron chi connectivity index (χ3n) is 4.39. The Kier molecular flexibility index (Phi) is 6.31. The Morgan fingerprint density at radius 3 is 2.40 bits per heavy atom. The van der Waals surface area contributed by atoms with E-state index in [1.807, 2.05) is 0 Å². The Hall–Kier alpha value is -3.46. The highest BCUT2D eigenvalue weighted by Gasteiger charge is 2.23. The van der Waals surface area contributed by atoms with Crippen molar-refractivity contribution in [3.8, 4) is 11.5 Å². The van der Waals surface area contributed by atoms with E-state index in [-0.39, 0.29) is 28.4 Å². The zero-order valence-electron chi connectivity index (χ0n) is 16.8. The Labute approximate surface area is 174 Å². The number of methoxy groups -OCH3 is 2. The van der Waals surface area contributed by atoms with Crippen LogP contribution in [0, 0.1) is 6.92 Å². The minimum atomic E-state index is -4.00. The molecule has 0 saturated carbocycles. The van der Waals surface area contributed by atoms with Crippen molar-refractivity contribution in [3.05, 3.63) is 71.7 Å². The summed E-state index contributed by atoms with van der Waals surface area (Å²) in [5.74, 6) is 0.857. The first-order valence-corrected chi connectivity index (χ1v) is 10.5. The van der Waals surface area contributed by atoms with Crippen LogP contribution in [0.3, 0.4) is 0 Å². The van der Waals surface area contributed by atoms with Crippen molar-refractivity contribution < 1.29 is 27.1 Å². The van der Waals surface area contributed by atoms with Crippen LogP contribution in [0.1, 0.15) is 21.7 Å². The van der Waals surface area contributed by atoms with Gasteiger partial charge < -0.3 is 19.2 Å². The summed E-state index contributed by atoms with van der Waals surface area (Å²) < 4.78 is 44.2. The second kappa shape index (κ2) is 8.91. The number of rotatable bonds is 8. The molecule has 0 fully saturated rings. The Morgan fingerprint density at radius 1 is 1.03 bits per heavy atom. The normalized spacial score (nSPS) is 11.0. The van der Waals surface area contributed by atoms with Crippen LogP contribution in [0.2, 0.25) is 0 Å². The average Bonchev–Trinajstić information content (AvgIpc) is 3.25. The number of aryl methyl sites for hydroxylation is 1. The predicted octanol–water partition coefficient (Wildman–Crippen LogP) is 3.34. The lowest BCUT2D eigenvalue weighted by atomic mass is 10.1. The fourth-order valence-electron chi connectivity index (χ4n) is 2.90. The molecule has 9 heteroatoms. The second-order valence-corrected chi connectivity index (χ2v) is 8.04. The molecule has 0 aliphatic rings. The highest BCUT2D eigenvalue weighted by atomic mass is 32.2. The molecule has 3 rings (SSSR count). The van der Waals surface area contributed by atoms with Crippen LogP contribution in [0.25, 0.3) is 0 Å². The second-order valence-electron chi connectivity index (χ2n) is 6.39. The van der Waals surface area contributed by atoms with Gasteiger partial charge in [-0.05, 0) is 42.8 Å². The van der Waals surface area contributed by atoms with Crippen LogP contribution in [0.4, 0.5) is 5.69 Å². The maximum atomic E-state index is 13.1. The van der Waals surface area contributed by atoms with Crippen LogP contribution < -0.4 is 19.5 Å². The number of furan rings is 1. The third kappa shape index (κ3) is 4.57. The number of carbonyl (C=O) groups excluding carboxylic acids is 1. The van der Waals surface area contributed by atoms with Gasteiger partial charge in [0.1, 0.15) is 5.76 Å². The zero-order chi connectivity index (χ0) is 21.7. The van der Waals surface area contributed by atoms with Crippen molar-refractivity contribution >= 4 is 21.6 Å². The molecule has 2 N–H and O–H groups in total. The molecule has 3 aromatic rings. The quantitative estimate of drug-likeness (QED) is 0.568. The van der Waals surface area contributed by atoms with Crippen LogP contribution in [0.5, 0.6) is 11.5 Å². The standard InChI is InChI=1S/C21H22N2O6S/c1-14-11-18(27-2)19(28-3)12-20(14)30(25,26)23-17-9-5-4-8-16(17)21(24)22-13-15-7-6-10-29-15/h4-12,23H,13H2,1-3H3,(H,22,24). The molecule has 158 valence electrons. The Balaban J connectivity index is 1.88. The van der Waals surface area contributed by atoms with E-state index >= 15 is 0 Å². The molecule has 2 aromatic carbocycles. The molecule has 0 bridgehead atoms. The van der Waals surface area contributed by atoms with Crippen LogP contribution in [-0.4, -0.2) is 28.5 Å². The first-order valence-electron chi connectivity index (χ1n) is 9.00. The van der Waals surface area contributed by atoms with Crippen LogP contribution in [-0.2, 0) is 16.6 Å². The number of nitrogens with one attached hydrogen (secondary N) is 2. The topological polar surface area (TPSA) is 107 Å². The molecular formula is C21H22N2O6S. The lowest BCUT2D eigenvalue weighted by molar-refractivity contribution is 0.0949. The van der Waals surface area contributed by atoms with Gasteiger partial charge in [0.15, 0.2) is 11.5 Å². The van der Waals surface area contributed by atoms with E-state index in [9.17, 15) is 13.2 Å². The lowest BCUT2D eigenvalue weighted by Gasteiger charge is -2.16. The summed E-state index contributed by atoms with van der Waals surface area (Å²) in [5, 5.41) is 2.71. The van der Waals surface area contributed by atoms with Crippen molar-refractivity contribution in [2.75, 3.05) is 18.9 Å². The van der Waals surface area contributed by atoms with E-state index in [1.54, 1.807) is 37.3 Å². The van der Waals surface area contributed by atoms with E-state index in [1.165, 1.54) is 38.7 Å². The number of benzene rings is 2. The van der Waals surface area contributed by atoms with Gasteiger partial charge in [0.25, 0.3) is 15.9 Å². The van der Waals surface area contributed by atoms with Gasteiger partial charge >= 0.3 is 0 Å². The lowest BCUT2D eigenvalue weighted by Crippen LogP contribution is -2.25. The maximum absolute atomic E-state index is 13.1. The first kappa shape index (κ1) is 21.3. The van der Waals surface area contributed by atoms with Gasteiger partial charge in [-0.15, -0.1) is 0 Å². The maximum Gasteiger partial charge on any atom is 0.262 e. The SMILES string of the molecule is COc1cc(C)c(S(=O)(=O)Nc2ccccc2C(=O)NCc2ccco2)cc1OC. The summed E-state index contributed by atoms with van der Waals surface area (Å²) in [4.78, 5) is 12.6. The van der Waals surface area contributed by atoms with Crippen molar-refractivity contribution in [2.24, 2.45) is 0 Å². The summed E-state index contributed by atoms with van der Waals surface area (Å²) in [6.07, 6.45) is 1.51. The predicted molar refractivity (Wildman–Crippen MR) is 111 cm³/mol. The van der Waals surface area contributed by atoms with E-state index < -0.39 is 15.9 Å². The van der Waals surface area contributed by atoms with Crippen LogP contribution >= 0.6 is 0 Å². The minimum Gasteiger partial charge on any atom is -0.493 e. The van der Waals surface area contributed by atoms with Gasteiger partial charge in [-0.1, -0.05) is 12.1 Å². The highest BCUT2D eigenvalue weighted by molar-refractivity contribution is 7.92. The molecule has 1 heterocycles. The number of sulfonamides is 1. The van der Waals surface area contributed by atoms with E-state index in [0.717, 1.165) is 0 Å². The molecule has 1 aromatic heterocycles. The highest BCUT2D eigenvalue weighted by Crippen LogP contribution is 2.33. The van der Waals surface area contributed by atoms with Crippen LogP contribution in [0.15, 0.2) is 64.1 Å².